The van der Waals surface area contributed by atoms with Crippen molar-refractivity contribution in [1.29, 1.82) is 0 Å². The van der Waals surface area contributed by atoms with E-state index in [0.717, 1.165) is 11.1 Å². The van der Waals surface area contributed by atoms with Gasteiger partial charge in [0.2, 0.25) is 5.91 Å². The van der Waals surface area contributed by atoms with Gasteiger partial charge in [0.25, 0.3) is 0 Å². The van der Waals surface area contributed by atoms with Crippen molar-refractivity contribution in [3.05, 3.63) is 41.5 Å². The topological polar surface area (TPSA) is 69.4 Å². The lowest BCUT2D eigenvalue weighted by molar-refractivity contribution is -0.139. The van der Waals surface area contributed by atoms with Gasteiger partial charge in [-0.15, -0.1) is 0 Å². The van der Waals surface area contributed by atoms with Crippen molar-refractivity contribution in [2.75, 3.05) is 7.11 Å². The lowest BCUT2D eigenvalue weighted by Crippen LogP contribution is -2.08. The fraction of sp³-hybridized carbons (Fsp3) is 0.231. The SMILES string of the molecule is COC(=O)Cc1ccccc1C=CCC(N)=O. The zero-order valence-electron chi connectivity index (χ0n) is 9.68. The van der Waals surface area contributed by atoms with Crippen molar-refractivity contribution in [2.45, 2.75) is 12.8 Å². The summed E-state index contributed by atoms with van der Waals surface area (Å²) in [4.78, 5) is 21.8. The first-order valence-corrected chi connectivity index (χ1v) is 5.23. The summed E-state index contributed by atoms with van der Waals surface area (Å²) in [5.74, 6) is -0.674. The average molecular weight is 233 g/mol. The Morgan fingerprint density at radius 2 is 2.06 bits per heavy atom. The molecule has 0 aliphatic heterocycles. The van der Waals surface area contributed by atoms with Crippen LogP contribution in [-0.2, 0) is 20.7 Å². The molecule has 0 aliphatic rings. The number of carbonyl (C=O) groups excluding carboxylic acids is 2. The Morgan fingerprint density at radius 1 is 1.35 bits per heavy atom. The van der Waals surface area contributed by atoms with E-state index >= 15 is 0 Å². The first kappa shape index (κ1) is 13.0. The molecule has 0 aromatic heterocycles. The molecule has 4 heteroatoms. The number of methoxy groups -OCH3 is 1. The summed E-state index contributed by atoms with van der Waals surface area (Å²) in [5, 5.41) is 0. The molecule has 2 N–H and O–H groups in total. The van der Waals surface area contributed by atoms with Gasteiger partial charge >= 0.3 is 5.97 Å². The van der Waals surface area contributed by atoms with Gasteiger partial charge in [-0.2, -0.15) is 0 Å². The van der Waals surface area contributed by atoms with Gasteiger partial charge in [0.05, 0.1) is 13.5 Å². The Bertz CT molecular complexity index is 438. The van der Waals surface area contributed by atoms with Crippen LogP contribution in [0.15, 0.2) is 30.3 Å². The van der Waals surface area contributed by atoms with Gasteiger partial charge in [0, 0.05) is 6.42 Å². The summed E-state index contributed by atoms with van der Waals surface area (Å²) in [6, 6.07) is 7.44. The Labute approximate surface area is 100 Å². The molecule has 0 aliphatic carbocycles. The number of nitrogens with two attached hydrogens (primary N) is 1. The number of rotatable bonds is 5. The molecule has 1 aromatic carbocycles. The second kappa shape index (κ2) is 6.48. The van der Waals surface area contributed by atoms with Gasteiger partial charge in [0.1, 0.15) is 0 Å². The average Bonchev–Trinajstić information content (AvgIpc) is 2.30. The standard InChI is InChI=1S/C13H15NO3/c1-17-13(16)9-11-6-3-2-5-10(11)7-4-8-12(14)15/h2-7H,8-9H2,1H3,(H2,14,15). The molecule has 90 valence electrons. The van der Waals surface area contributed by atoms with Crippen LogP contribution in [0.4, 0.5) is 0 Å². The molecule has 1 amide bonds. The summed E-state index contributed by atoms with van der Waals surface area (Å²) in [7, 11) is 1.36. The van der Waals surface area contributed by atoms with E-state index in [2.05, 4.69) is 4.74 Å². The van der Waals surface area contributed by atoms with Crippen molar-refractivity contribution in [3.8, 4) is 0 Å². The van der Waals surface area contributed by atoms with Crippen molar-refractivity contribution in [1.82, 2.24) is 0 Å². The number of hydrogen-bond acceptors (Lipinski definition) is 3. The van der Waals surface area contributed by atoms with E-state index in [9.17, 15) is 9.59 Å². The predicted molar refractivity (Wildman–Crippen MR) is 65.0 cm³/mol. The highest BCUT2D eigenvalue weighted by molar-refractivity contribution is 5.77. The quantitative estimate of drug-likeness (QED) is 0.779. The maximum atomic E-state index is 11.2. The Balaban J connectivity index is 2.80. The van der Waals surface area contributed by atoms with Gasteiger partial charge in [0.15, 0.2) is 0 Å². The summed E-state index contributed by atoms with van der Waals surface area (Å²) >= 11 is 0. The molecule has 1 rings (SSSR count). The zero-order valence-corrected chi connectivity index (χ0v) is 9.68. The van der Waals surface area contributed by atoms with E-state index in [4.69, 9.17) is 5.73 Å². The first-order chi connectivity index (χ1) is 8.13. The first-order valence-electron chi connectivity index (χ1n) is 5.23. The molecule has 17 heavy (non-hydrogen) atoms. The molecule has 0 saturated carbocycles. The van der Waals surface area contributed by atoms with Gasteiger partial charge in [-0.1, -0.05) is 36.4 Å². The number of esters is 1. The van der Waals surface area contributed by atoms with E-state index in [1.54, 1.807) is 12.2 Å². The third-order valence-electron chi connectivity index (χ3n) is 2.23. The Hall–Kier alpha value is -2.10. The van der Waals surface area contributed by atoms with Crippen LogP contribution in [-0.4, -0.2) is 19.0 Å². The molecule has 0 unspecified atom stereocenters. The molecule has 0 atom stereocenters. The van der Waals surface area contributed by atoms with Crippen LogP contribution >= 0.6 is 0 Å². The number of primary amides is 1. The Kier molecular flexibility index (Phi) is 4.94. The minimum Gasteiger partial charge on any atom is -0.469 e. The molecule has 0 saturated heterocycles. The highest BCUT2D eigenvalue weighted by Gasteiger charge is 2.05. The predicted octanol–water partition coefficient (Wildman–Crippen LogP) is 1.29. The van der Waals surface area contributed by atoms with E-state index in [1.165, 1.54) is 7.11 Å². The van der Waals surface area contributed by atoms with Crippen molar-refractivity contribution < 1.29 is 14.3 Å². The van der Waals surface area contributed by atoms with Gasteiger partial charge < -0.3 is 10.5 Å². The zero-order chi connectivity index (χ0) is 12.7. The summed E-state index contributed by atoms with van der Waals surface area (Å²) < 4.78 is 4.61. The van der Waals surface area contributed by atoms with Crippen molar-refractivity contribution in [3.63, 3.8) is 0 Å². The van der Waals surface area contributed by atoms with E-state index in [1.807, 2.05) is 24.3 Å². The third-order valence-corrected chi connectivity index (χ3v) is 2.23. The van der Waals surface area contributed by atoms with E-state index in [-0.39, 0.29) is 24.7 Å². The summed E-state index contributed by atoms with van der Waals surface area (Å²) in [6.07, 6.45) is 3.86. The molecule has 1 aromatic rings. The molecule has 0 fully saturated rings. The van der Waals surface area contributed by atoms with E-state index in [0.29, 0.717) is 0 Å². The number of carbonyl (C=O) groups is 2. The van der Waals surface area contributed by atoms with Crippen LogP contribution < -0.4 is 5.73 Å². The lowest BCUT2D eigenvalue weighted by atomic mass is 10.0. The maximum Gasteiger partial charge on any atom is 0.309 e. The number of hydrogen-bond donors (Lipinski definition) is 1. The largest absolute Gasteiger partial charge is 0.469 e. The fourth-order valence-corrected chi connectivity index (χ4v) is 1.39. The van der Waals surface area contributed by atoms with Crippen LogP contribution in [0, 0.1) is 0 Å². The summed E-state index contributed by atoms with van der Waals surface area (Å²) in [6.45, 7) is 0. The molecule has 0 spiro atoms. The van der Waals surface area contributed by atoms with Gasteiger partial charge in [-0.25, -0.2) is 0 Å². The molecular formula is C13H15NO3. The van der Waals surface area contributed by atoms with Crippen LogP contribution in [0.3, 0.4) is 0 Å². The molecule has 4 nitrogen and oxygen atoms in total. The van der Waals surface area contributed by atoms with Crippen LogP contribution in [0.5, 0.6) is 0 Å². The smallest absolute Gasteiger partial charge is 0.309 e. The number of benzene rings is 1. The maximum absolute atomic E-state index is 11.2. The van der Waals surface area contributed by atoms with E-state index < -0.39 is 0 Å². The third kappa shape index (κ3) is 4.51. The highest BCUT2D eigenvalue weighted by Crippen LogP contribution is 2.12. The summed E-state index contributed by atoms with van der Waals surface area (Å²) in [5.41, 5.74) is 6.78. The number of amides is 1. The molecule has 0 bridgehead atoms. The normalized spacial score (nSPS) is 10.4. The fourth-order valence-electron chi connectivity index (χ4n) is 1.39. The van der Waals surface area contributed by atoms with Crippen LogP contribution in [0.25, 0.3) is 6.08 Å². The Morgan fingerprint density at radius 3 is 2.71 bits per heavy atom. The molecule has 0 radical (unpaired) electrons. The molecular weight excluding hydrogens is 218 g/mol. The van der Waals surface area contributed by atoms with Crippen LogP contribution in [0.2, 0.25) is 0 Å². The molecule has 0 heterocycles. The second-order valence-corrected chi connectivity index (χ2v) is 3.52. The monoisotopic (exact) mass is 233 g/mol. The lowest BCUT2D eigenvalue weighted by Gasteiger charge is -2.04. The second-order valence-electron chi connectivity index (χ2n) is 3.52. The van der Waals surface area contributed by atoms with Gasteiger partial charge in [-0.05, 0) is 11.1 Å². The number of ether oxygens (including phenoxy) is 1. The minimum absolute atomic E-state index is 0.187. The van der Waals surface area contributed by atoms with Gasteiger partial charge in [-0.3, -0.25) is 9.59 Å². The highest BCUT2D eigenvalue weighted by atomic mass is 16.5. The van der Waals surface area contributed by atoms with Crippen molar-refractivity contribution in [2.24, 2.45) is 5.73 Å². The van der Waals surface area contributed by atoms with Crippen LogP contribution in [0.1, 0.15) is 17.5 Å². The minimum atomic E-state index is -0.383. The van der Waals surface area contributed by atoms with Crippen molar-refractivity contribution >= 4 is 18.0 Å².